The average molecular weight is 463 g/mol. The molecule has 2 aromatic heterocycles. The van der Waals surface area contributed by atoms with Gasteiger partial charge in [-0.2, -0.15) is 9.78 Å². The molecule has 31 heavy (non-hydrogen) atoms. The van der Waals surface area contributed by atoms with Crippen LogP contribution in [0.4, 0.5) is 5.82 Å². The number of pyridine rings is 1. The second kappa shape index (κ2) is 9.72. The van der Waals surface area contributed by atoms with Crippen LogP contribution < -0.4 is 19.5 Å². The van der Waals surface area contributed by atoms with Crippen molar-refractivity contribution in [2.45, 2.75) is 6.92 Å². The van der Waals surface area contributed by atoms with Crippen molar-refractivity contribution in [3.05, 3.63) is 57.8 Å². The Kier molecular flexibility index (Phi) is 7.04. The molecule has 0 spiro atoms. The lowest BCUT2D eigenvalue weighted by atomic mass is 10.1. The minimum Gasteiger partial charge on any atom is -0.493 e. The number of methoxy groups -OCH3 is 3. The topological polar surface area (TPSA) is 87.5 Å². The zero-order valence-electron chi connectivity index (χ0n) is 17.3. The Morgan fingerprint density at radius 3 is 2.32 bits per heavy atom. The van der Waals surface area contributed by atoms with Crippen LogP contribution in [0.5, 0.6) is 17.2 Å². The molecule has 0 unspecified atom stereocenters. The van der Waals surface area contributed by atoms with Gasteiger partial charge in [-0.05, 0) is 36.8 Å². The maximum absolute atomic E-state index is 12.5. The minimum atomic E-state index is -0.375. The molecule has 0 fully saturated rings. The van der Waals surface area contributed by atoms with Crippen LogP contribution in [0.15, 0.2) is 36.5 Å². The molecule has 8 nitrogen and oxygen atoms in total. The van der Waals surface area contributed by atoms with Crippen molar-refractivity contribution in [2.75, 3.05) is 26.6 Å². The molecule has 1 N–H and O–H groups in total. The highest BCUT2D eigenvalue weighted by Crippen LogP contribution is 2.38. The number of amides is 1. The highest BCUT2D eigenvalue weighted by molar-refractivity contribution is 6.35. The number of hydrogen-bond donors (Lipinski definition) is 1. The predicted molar refractivity (Wildman–Crippen MR) is 120 cm³/mol. The Labute approximate surface area is 189 Å². The number of nitrogens with zero attached hydrogens (tertiary/aromatic N) is 3. The summed E-state index contributed by atoms with van der Waals surface area (Å²) in [6, 6.07) is 6.73. The summed E-state index contributed by atoms with van der Waals surface area (Å²) in [6.07, 6.45) is 4.46. The number of hydrogen-bond acceptors (Lipinski definition) is 6. The zero-order valence-corrected chi connectivity index (χ0v) is 18.8. The van der Waals surface area contributed by atoms with Gasteiger partial charge in [-0.1, -0.05) is 23.2 Å². The molecule has 0 aliphatic heterocycles. The van der Waals surface area contributed by atoms with Gasteiger partial charge in [0.1, 0.15) is 5.82 Å². The van der Waals surface area contributed by atoms with E-state index in [0.29, 0.717) is 50.2 Å². The third-order valence-corrected chi connectivity index (χ3v) is 4.67. The predicted octanol–water partition coefficient (Wildman–Crippen LogP) is 4.56. The van der Waals surface area contributed by atoms with Crippen LogP contribution in [0.2, 0.25) is 10.0 Å². The van der Waals surface area contributed by atoms with E-state index in [2.05, 4.69) is 15.4 Å². The van der Waals surface area contributed by atoms with Gasteiger partial charge in [-0.15, -0.1) is 0 Å². The number of aromatic nitrogens is 3. The first kappa shape index (κ1) is 22.5. The monoisotopic (exact) mass is 462 g/mol. The first-order valence-electron chi connectivity index (χ1n) is 9.03. The van der Waals surface area contributed by atoms with Crippen molar-refractivity contribution < 1.29 is 19.0 Å². The number of aryl methyl sites for hydroxylation is 1. The molecule has 0 saturated heterocycles. The Morgan fingerprint density at radius 1 is 1.06 bits per heavy atom. The van der Waals surface area contributed by atoms with Gasteiger partial charge in [0.15, 0.2) is 17.3 Å². The van der Waals surface area contributed by atoms with E-state index in [1.54, 1.807) is 37.3 Å². The van der Waals surface area contributed by atoms with E-state index in [1.165, 1.54) is 38.3 Å². The van der Waals surface area contributed by atoms with Crippen LogP contribution in [0.1, 0.15) is 11.3 Å². The van der Waals surface area contributed by atoms with Gasteiger partial charge in [0.05, 0.1) is 37.1 Å². The summed E-state index contributed by atoms with van der Waals surface area (Å²) in [7, 11) is 4.57. The molecule has 1 amide bonds. The lowest BCUT2D eigenvalue weighted by Crippen LogP contribution is -2.13. The summed E-state index contributed by atoms with van der Waals surface area (Å²) in [5.41, 5.74) is 1.37. The van der Waals surface area contributed by atoms with Crippen molar-refractivity contribution in [1.29, 1.82) is 0 Å². The van der Waals surface area contributed by atoms with Crippen molar-refractivity contribution in [3.8, 4) is 23.1 Å². The number of rotatable bonds is 7. The standard InChI is InChI=1S/C21H20Cl2N4O4/c1-12-7-18(27(26-12)21-15(23)10-14(22)11-24-21)25-19(28)6-5-13-8-16(29-2)20(31-4)17(9-13)30-3/h5-11H,1-4H3,(H,25,28)/b6-5+. The zero-order chi connectivity index (χ0) is 22.5. The summed E-state index contributed by atoms with van der Waals surface area (Å²) >= 11 is 12.2. The van der Waals surface area contributed by atoms with Gasteiger partial charge in [0.25, 0.3) is 0 Å². The average Bonchev–Trinajstić information content (AvgIpc) is 3.10. The molecule has 0 bridgehead atoms. The first-order chi connectivity index (χ1) is 14.9. The maximum atomic E-state index is 12.5. The van der Waals surface area contributed by atoms with Gasteiger partial charge in [0.2, 0.25) is 11.7 Å². The highest BCUT2D eigenvalue weighted by Gasteiger charge is 2.15. The van der Waals surface area contributed by atoms with Gasteiger partial charge < -0.3 is 19.5 Å². The van der Waals surface area contributed by atoms with E-state index in [1.807, 2.05) is 0 Å². The molecule has 0 radical (unpaired) electrons. The molecule has 162 valence electrons. The lowest BCUT2D eigenvalue weighted by molar-refractivity contribution is -0.111. The molecule has 2 heterocycles. The Balaban J connectivity index is 1.84. The van der Waals surface area contributed by atoms with E-state index >= 15 is 0 Å². The number of nitrogens with one attached hydrogen (secondary N) is 1. The van der Waals surface area contributed by atoms with E-state index < -0.39 is 0 Å². The van der Waals surface area contributed by atoms with Crippen LogP contribution in [-0.2, 0) is 4.79 Å². The summed E-state index contributed by atoms with van der Waals surface area (Å²) in [5, 5.41) is 7.83. The molecule has 3 rings (SSSR count). The normalized spacial score (nSPS) is 10.9. The van der Waals surface area contributed by atoms with Crippen molar-refractivity contribution in [2.24, 2.45) is 0 Å². The summed E-state index contributed by atoms with van der Waals surface area (Å²) in [4.78, 5) is 16.8. The highest BCUT2D eigenvalue weighted by atomic mass is 35.5. The van der Waals surface area contributed by atoms with Crippen LogP contribution >= 0.6 is 23.2 Å². The van der Waals surface area contributed by atoms with E-state index in [9.17, 15) is 4.79 Å². The first-order valence-corrected chi connectivity index (χ1v) is 9.79. The van der Waals surface area contributed by atoms with Gasteiger partial charge >= 0.3 is 0 Å². The molecular weight excluding hydrogens is 443 g/mol. The molecule has 3 aromatic rings. The van der Waals surface area contributed by atoms with Crippen LogP contribution in [0.25, 0.3) is 11.9 Å². The van der Waals surface area contributed by atoms with Gasteiger partial charge in [-0.3, -0.25) is 4.79 Å². The third kappa shape index (κ3) is 5.10. The fraction of sp³-hybridized carbons (Fsp3) is 0.190. The maximum Gasteiger partial charge on any atom is 0.249 e. The van der Waals surface area contributed by atoms with E-state index in [4.69, 9.17) is 37.4 Å². The fourth-order valence-electron chi connectivity index (χ4n) is 2.85. The number of benzene rings is 1. The SMILES string of the molecule is COc1cc(/C=C/C(=O)Nc2cc(C)nn2-c2ncc(Cl)cc2Cl)cc(OC)c1OC. The van der Waals surface area contributed by atoms with Crippen LogP contribution in [0, 0.1) is 6.92 Å². The van der Waals surface area contributed by atoms with E-state index in [-0.39, 0.29) is 5.91 Å². The quantitative estimate of drug-likeness (QED) is 0.517. The largest absolute Gasteiger partial charge is 0.493 e. The number of carbonyl (C=O) groups excluding carboxylic acids is 1. The van der Waals surface area contributed by atoms with Crippen LogP contribution in [0.3, 0.4) is 0 Å². The van der Waals surface area contributed by atoms with E-state index in [0.717, 1.165) is 0 Å². The smallest absolute Gasteiger partial charge is 0.249 e. The summed E-state index contributed by atoms with van der Waals surface area (Å²) in [5.74, 6) is 1.83. The molecule has 10 heteroatoms. The molecule has 0 saturated carbocycles. The Hall–Kier alpha value is -3.23. The minimum absolute atomic E-state index is 0.305. The number of halogens is 2. The van der Waals surface area contributed by atoms with Crippen LogP contribution in [-0.4, -0.2) is 42.0 Å². The molecule has 0 atom stereocenters. The summed E-state index contributed by atoms with van der Waals surface area (Å²) in [6.45, 7) is 1.79. The fourth-order valence-corrected chi connectivity index (χ4v) is 3.31. The van der Waals surface area contributed by atoms with Crippen molar-refractivity contribution in [3.63, 3.8) is 0 Å². The Bertz CT molecular complexity index is 1120. The van der Waals surface area contributed by atoms with Gasteiger partial charge in [0, 0.05) is 18.3 Å². The molecule has 0 aliphatic carbocycles. The molecule has 0 aliphatic rings. The second-order valence-corrected chi connectivity index (χ2v) is 7.17. The number of ether oxygens (including phenoxy) is 3. The Morgan fingerprint density at radius 2 is 1.74 bits per heavy atom. The van der Waals surface area contributed by atoms with Crippen molar-refractivity contribution in [1.82, 2.24) is 14.8 Å². The second-order valence-electron chi connectivity index (χ2n) is 6.32. The summed E-state index contributed by atoms with van der Waals surface area (Å²) < 4.78 is 17.4. The number of carbonyl (C=O) groups is 1. The third-order valence-electron chi connectivity index (χ3n) is 4.19. The molecular formula is C21H20Cl2N4O4. The molecule has 1 aromatic carbocycles. The number of anilines is 1. The lowest BCUT2D eigenvalue weighted by Gasteiger charge is -2.12. The van der Waals surface area contributed by atoms with Crippen molar-refractivity contribution >= 4 is 41.0 Å². The van der Waals surface area contributed by atoms with Gasteiger partial charge in [-0.25, -0.2) is 4.98 Å².